The van der Waals surface area contributed by atoms with Crippen LogP contribution in [0.5, 0.6) is 0 Å². The predicted octanol–water partition coefficient (Wildman–Crippen LogP) is 1.87. The van der Waals surface area contributed by atoms with Crippen LogP contribution in [0.4, 0.5) is 5.69 Å². The Morgan fingerprint density at radius 2 is 1.93 bits per heavy atom. The van der Waals surface area contributed by atoms with Crippen molar-refractivity contribution < 1.29 is 4.79 Å². The number of benzene rings is 1. The van der Waals surface area contributed by atoms with Gasteiger partial charge in [-0.2, -0.15) is 0 Å². The topological polar surface area (TPSA) is 58.4 Å². The van der Waals surface area contributed by atoms with Crippen molar-refractivity contribution >= 4 is 35.1 Å². The molecular weight excluding hydrogens is 380 g/mol. The second kappa shape index (κ2) is 7.98. The first-order chi connectivity index (χ1) is 13.1. The number of thioether (sulfide) groups is 2. The highest BCUT2D eigenvalue weighted by molar-refractivity contribution is 8.00. The van der Waals surface area contributed by atoms with Crippen LogP contribution in [0.25, 0.3) is 0 Å². The highest BCUT2D eigenvalue weighted by Gasteiger charge is 2.23. The summed E-state index contributed by atoms with van der Waals surface area (Å²) >= 11 is 2.94. The van der Waals surface area contributed by atoms with Crippen molar-refractivity contribution in [1.82, 2.24) is 14.5 Å². The Hall–Kier alpha value is -1.93. The molecule has 1 aromatic carbocycles. The van der Waals surface area contributed by atoms with E-state index in [9.17, 15) is 9.59 Å². The lowest BCUT2D eigenvalue weighted by Crippen LogP contribution is -2.49. The number of anilines is 1. The fourth-order valence-corrected chi connectivity index (χ4v) is 5.33. The monoisotopic (exact) mass is 402 g/mol. The van der Waals surface area contributed by atoms with Gasteiger partial charge in [0.2, 0.25) is 5.91 Å². The van der Waals surface area contributed by atoms with Gasteiger partial charge in [-0.25, -0.2) is 4.98 Å². The van der Waals surface area contributed by atoms with E-state index in [1.54, 1.807) is 23.4 Å². The third-order valence-corrected chi connectivity index (χ3v) is 7.06. The number of hydrogen-bond donors (Lipinski definition) is 0. The smallest absolute Gasteiger partial charge is 0.267 e. The van der Waals surface area contributed by atoms with Crippen LogP contribution in [0.3, 0.4) is 0 Å². The largest absolute Gasteiger partial charge is 0.368 e. The van der Waals surface area contributed by atoms with Gasteiger partial charge in [0.05, 0.1) is 16.3 Å². The van der Waals surface area contributed by atoms with E-state index in [2.05, 4.69) is 22.0 Å². The SMILES string of the molecule is Cn1c(SCC(=O)N2CCN(c3ccccc3)CC2)nc2c(c1=O)SCC2. The van der Waals surface area contributed by atoms with Crippen LogP contribution in [0, 0.1) is 0 Å². The molecule has 0 saturated carbocycles. The summed E-state index contributed by atoms with van der Waals surface area (Å²) in [6.07, 6.45) is 0.832. The van der Waals surface area contributed by atoms with E-state index < -0.39 is 0 Å². The van der Waals surface area contributed by atoms with Crippen molar-refractivity contribution in [3.05, 3.63) is 46.4 Å². The van der Waals surface area contributed by atoms with Gasteiger partial charge in [-0.05, 0) is 12.1 Å². The maximum absolute atomic E-state index is 12.6. The number of piperazine rings is 1. The predicted molar refractivity (Wildman–Crippen MR) is 110 cm³/mol. The van der Waals surface area contributed by atoms with Crippen molar-refractivity contribution in [2.75, 3.05) is 42.6 Å². The molecule has 142 valence electrons. The van der Waals surface area contributed by atoms with E-state index in [1.807, 2.05) is 23.1 Å². The van der Waals surface area contributed by atoms with Crippen LogP contribution in [0.1, 0.15) is 5.69 Å². The molecule has 1 amide bonds. The maximum atomic E-state index is 12.6. The van der Waals surface area contributed by atoms with Gasteiger partial charge in [-0.1, -0.05) is 30.0 Å². The molecule has 8 heteroatoms. The van der Waals surface area contributed by atoms with Crippen LogP contribution in [0.15, 0.2) is 45.2 Å². The number of amides is 1. The Labute approximate surface area is 166 Å². The van der Waals surface area contributed by atoms with E-state index in [1.165, 1.54) is 17.4 Å². The number of carbonyl (C=O) groups is 1. The summed E-state index contributed by atoms with van der Waals surface area (Å²) in [6, 6.07) is 10.3. The first-order valence-corrected chi connectivity index (χ1v) is 11.0. The summed E-state index contributed by atoms with van der Waals surface area (Å²) in [5.41, 5.74) is 2.10. The molecule has 2 aromatic rings. The number of nitrogens with zero attached hydrogens (tertiary/aromatic N) is 4. The number of para-hydroxylation sites is 1. The Kier molecular flexibility index (Phi) is 5.45. The summed E-state index contributed by atoms with van der Waals surface area (Å²) in [4.78, 5) is 34.6. The zero-order valence-electron chi connectivity index (χ0n) is 15.3. The molecule has 27 heavy (non-hydrogen) atoms. The standard InChI is InChI=1S/C19H22N4O2S2/c1-21-18(25)17-15(7-12-26-17)20-19(21)27-13-16(24)23-10-8-22(9-11-23)14-5-3-2-4-6-14/h2-6H,7-13H2,1H3. The highest BCUT2D eigenvalue weighted by atomic mass is 32.2. The van der Waals surface area contributed by atoms with E-state index >= 15 is 0 Å². The first-order valence-electron chi connectivity index (χ1n) is 9.07. The van der Waals surface area contributed by atoms with Gasteiger partial charge in [0, 0.05) is 51.1 Å². The molecule has 0 unspecified atom stereocenters. The minimum atomic E-state index is 0.00826. The number of aryl methyl sites for hydroxylation is 1. The van der Waals surface area contributed by atoms with Gasteiger partial charge < -0.3 is 9.80 Å². The summed E-state index contributed by atoms with van der Waals surface area (Å²) in [6.45, 7) is 3.13. The Balaban J connectivity index is 1.34. The van der Waals surface area contributed by atoms with E-state index in [0.717, 1.165) is 48.9 Å². The molecule has 0 bridgehead atoms. The van der Waals surface area contributed by atoms with Gasteiger partial charge in [0.1, 0.15) is 0 Å². The molecule has 4 rings (SSSR count). The molecule has 0 aliphatic carbocycles. The normalized spacial score (nSPS) is 16.5. The van der Waals surface area contributed by atoms with Crippen molar-refractivity contribution in [2.45, 2.75) is 16.5 Å². The van der Waals surface area contributed by atoms with Gasteiger partial charge in [0.25, 0.3) is 5.56 Å². The number of rotatable bonds is 4. The quantitative estimate of drug-likeness (QED) is 0.575. The van der Waals surface area contributed by atoms with E-state index in [4.69, 9.17) is 0 Å². The Morgan fingerprint density at radius 3 is 2.67 bits per heavy atom. The Morgan fingerprint density at radius 1 is 1.19 bits per heavy atom. The highest BCUT2D eigenvalue weighted by Crippen LogP contribution is 2.28. The minimum Gasteiger partial charge on any atom is -0.368 e. The van der Waals surface area contributed by atoms with Crippen molar-refractivity contribution in [3.8, 4) is 0 Å². The fraction of sp³-hybridized carbons (Fsp3) is 0.421. The zero-order chi connectivity index (χ0) is 18.8. The summed E-state index contributed by atoms with van der Waals surface area (Å²) in [5.74, 6) is 1.34. The van der Waals surface area contributed by atoms with Crippen molar-refractivity contribution in [1.29, 1.82) is 0 Å². The summed E-state index contributed by atoms with van der Waals surface area (Å²) < 4.78 is 1.57. The van der Waals surface area contributed by atoms with Gasteiger partial charge in [-0.15, -0.1) is 11.8 Å². The summed E-state index contributed by atoms with van der Waals surface area (Å²) in [7, 11) is 1.74. The van der Waals surface area contributed by atoms with Crippen molar-refractivity contribution in [2.24, 2.45) is 7.05 Å². The average molecular weight is 403 g/mol. The summed E-state index contributed by atoms with van der Waals surface area (Å²) in [5, 5.41) is 0.637. The van der Waals surface area contributed by atoms with Crippen LogP contribution in [-0.4, -0.2) is 58.0 Å². The molecule has 2 aliphatic rings. The zero-order valence-corrected chi connectivity index (χ0v) is 16.9. The van der Waals surface area contributed by atoms with E-state index in [0.29, 0.717) is 10.9 Å². The van der Waals surface area contributed by atoms with Crippen LogP contribution >= 0.6 is 23.5 Å². The number of carbonyl (C=O) groups excluding carboxylic acids is 1. The molecular formula is C19H22N4O2S2. The van der Waals surface area contributed by atoms with Crippen molar-refractivity contribution in [3.63, 3.8) is 0 Å². The molecule has 0 N–H and O–H groups in total. The third-order valence-electron chi connectivity index (χ3n) is 4.94. The second-order valence-electron chi connectivity index (χ2n) is 6.62. The third kappa shape index (κ3) is 3.87. The molecule has 1 fully saturated rings. The van der Waals surface area contributed by atoms with E-state index in [-0.39, 0.29) is 11.5 Å². The molecule has 0 spiro atoms. The van der Waals surface area contributed by atoms with Gasteiger partial charge in [0.15, 0.2) is 5.16 Å². The van der Waals surface area contributed by atoms with Gasteiger partial charge in [-0.3, -0.25) is 14.2 Å². The minimum absolute atomic E-state index is 0.00826. The number of aromatic nitrogens is 2. The number of fused-ring (bicyclic) bond motifs is 1. The van der Waals surface area contributed by atoms with Crippen LogP contribution < -0.4 is 10.5 Å². The molecule has 1 aromatic heterocycles. The average Bonchev–Trinajstić information content (AvgIpc) is 3.19. The maximum Gasteiger partial charge on any atom is 0.267 e. The lowest BCUT2D eigenvalue weighted by molar-refractivity contribution is -0.128. The lowest BCUT2D eigenvalue weighted by Gasteiger charge is -2.36. The number of hydrogen-bond acceptors (Lipinski definition) is 6. The van der Waals surface area contributed by atoms with Gasteiger partial charge >= 0.3 is 0 Å². The molecule has 1 saturated heterocycles. The first kappa shape index (κ1) is 18.4. The lowest BCUT2D eigenvalue weighted by atomic mass is 10.2. The fourth-order valence-electron chi connectivity index (χ4n) is 3.37. The molecule has 2 aliphatic heterocycles. The van der Waals surface area contributed by atoms with Crippen LogP contribution in [-0.2, 0) is 18.3 Å². The molecule has 0 radical (unpaired) electrons. The molecule has 0 atom stereocenters. The molecule has 6 nitrogen and oxygen atoms in total. The Bertz CT molecular complexity index is 893. The second-order valence-corrected chi connectivity index (χ2v) is 8.67. The van der Waals surface area contributed by atoms with Crippen LogP contribution in [0.2, 0.25) is 0 Å². The molecule has 3 heterocycles.